The van der Waals surface area contributed by atoms with Crippen LogP contribution in [-0.2, 0) is 19.7 Å². The van der Waals surface area contributed by atoms with Crippen LogP contribution in [0.15, 0.2) is 4.21 Å². The first-order chi connectivity index (χ1) is 15.4. The van der Waals surface area contributed by atoms with Crippen LogP contribution in [0.5, 0.6) is 0 Å². The first-order valence-electron chi connectivity index (χ1n) is 10.2. The van der Waals surface area contributed by atoms with Gasteiger partial charge in [-0.25, -0.2) is 9.59 Å². The fourth-order valence-electron chi connectivity index (χ4n) is 3.63. The van der Waals surface area contributed by atoms with Gasteiger partial charge < -0.3 is 14.4 Å². The first kappa shape index (κ1) is 26.2. The standard InChI is InChI=1S/C21H24F3N3O5S2/c1-18(2,3)31-16(29)27(17(30)32-19(4,5)6)13-11(7-25)12-14(34-13)33-10-20(12)8-26(9-20)15(28)21(22,23)24/h8-10H2,1-6H3. The van der Waals surface area contributed by atoms with Gasteiger partial charge in [-0.15, -0.1) is 23.1 Å². The fourth-order valence-corrected chi connectivity index (χ4v) is 6.56. The number of rotatable bonds is 1. The molecule has 0 bridgehead atoms. The lowest BCUT2D eigenvalue weighted by Gasteiger charge is -2.48. The molecule has 34 heavy (non-hydrogen) atoms. The second-order valence-electron chi connectivity index (χ2n) is 10.1. The number of anilines is 1. The lowest BCUT2D eigenvalue weighted by atomic mass is 9.75. The summed E-state index contributed by atoms with van der Waals surface area (Å²) in [5.41, 5.74) is -2.34. The number of thiophene rings is 1. The minimum absolute atomic E-state index is 0.0131. The molecule has 186 valence electrons. The molecule has 8 nitrogen and oxygen atoms in total. The van der Waals surface area contributed by atoms with Crippen LogP contribution >= 0.6 is 23.1 Å². The summed E-state index contributed by atoms with van der Waals surface area (Å²) < 4.78 is 49.9. The van der Waals surface area contributed by atoms with E-state index in [1.807, 2.05) is 6.07 Å². The van der Waals surface area contributed by atoms with Crippen LogP contribution < -0.4 is 4.90 Å². The molecule has 0 aliphatic carbocycles. The molecule has 0 saturated carbocycles. The van der Waals surface area contributed by atoms with Crippen LogP contribution in [0, 0.1) is 11.3 Å². The lowest BCUT2D eigenvalue weighted by Crippen LogP contribution is -2.64. The Bertz CT molecular complexity index is 1050. The summed E-state index contributed by atoms with van der Waals surface area (Å²) in [6.45, 7) is 9.26. The number of carbonyl (C=O) groups is 3. The molecule has 0 aromatic carbocycles. The smallest absolute Gasteiger partial charge is 0.443 e. The van der Waals surface area contributed by atoms with Crippen molar-refractivity contribution in [3.63, 3.8) is 0 Å². The number of thioether (sulfide) groups is 1. The highest BCUT2D eigenvalue weighted by Crippen LogP contribution is 2.57. The molecule has 0 radical (unpaired) electrons. The van der Waals surface area contributed by atoms with E-state index in [-0.39, 0.29) is 23.7 Å². The van der Waals surface area contributed by atoms with E-state index in [2.05, 4.69) is 0 Å². The topological polar surface area (TPSA) is 99.9 Å². The van der Waals surface area contributed by atoms with E-state index in [1.54, 1.807) is 41.5 Å². The molecule has 0 N–H and O–H groups in total. The predicted molar refractivity (Wildman–Crippen MR) is 119 cm³/mol. The summed E-state index contributed by atoms with van der Waals surface area (Å²) in [7, 11) is 0. The third-order valence-electron chi connectivity index (χ3n) is 4.85. The molecular weight excluding hydrogens is 495 g/mol. The van der Waals surface area contributed by atoms with Crippen molar-refractivity contribution in [2.45, 2.75) is 68.5 Å². The second-order valence-corrected chi connectivity index (χ2v) is 12.3. The van der Waals surface area contributed by atoms with E-state index in [0.29, 0.717) is 25.3 Å². The average molecular weight is 520 g/mol. The van der Waals surface area contributed by atoms with Crippen molar-refractivity contribution >= 4 is 46.2 Å². The molecule has 1 aromatic heterocycles. The van der Waals surface area contributed by atoms with Gasteiger partial charge in [0, 0.05) is 29.8 Å². The molecule has 1 fully saturated rings. The van der Waals surface area contributed by atoms with Gasteiger partial charge in [0.15, 0.2) is 0 Å². The summed E-state index contributed by atoms with van der Waals surface area (Å²) in [6, 6.07) is 2.00. The van der Waals surface area contributed by atoms with E-state index < -0.39 is 40.9 Å². The van der Waals surface area contributed by atoms with Crippen LogP contribution in [0.25, 0.3) is 0 Å². The minimum Gasteiger partial charge on any atom is -0.443 e. The quantitative estimate of drug-likeness (QED) is 0.512. The minimum atomic E-state index is -4.99. The first-order valence-corrected chi connectivity index (χ1v) is 12.0. The number of hydrogen-bond donors (Lipinski definition) is 0. The summed E-state index contributed by atoms with van der Waals surface area (Å²) in [4.78, 5) is 38.9. The summed E-state index contributed by atoms with van der Waals surface area (Å²) in [5.74, 6) is -1.56. The Kier molecular flexibility index (Phi) is 6.41. The Morgan fingerprint density at radius 2 is 1.53 bits per heavy atom. The van der Waals surface area contributed by atoms with E-state index >= 15 is 0 Å². The molecule has 3 heterocycles. The number of likely N-dealkylation sites (tertiary alicyclic amines) is 1. The summed E-state index contributed by atoms with van der Waals surface area (Å²) in [5, 5.41) is 9.94. The van der Waals surface area contributed by atoms with Crippen molar-refractivity contribution in [1.29, 1.82) is 5.26 Å². The SMILES string of the molecule is CC(C)(C)OC(=O)N(C(=O)OC(C)(C)C)c1sc2c(c1C#N)C1(CS2)CN(C(=O)C(F)(F)F)C1. The number of imide groups is 1. The maximum absolute atomic E-state index is 13.0. The van der Waals surface area contributed by atoms with Crippen LogP contribution in [0.1, 0.15) is 52.7 Å². The van der Waals surface area contributed by atoms with Gasteiger partial charge in [0.25, 0.3) is 0 Å². The highest BCUT2D eigenvalue weighted by atomic mass is 32.2. The number of ether oxygens (including phenoxy) is 2. The van der Waals surface area contributed by atoms with E-state index in [1.165, 1.54) is 11.8 Å². The van der Waals surface area contributed by atoms with Crippen LogP contribution in [0.3, 0.4) is 0 Å². The highest BCUT2D eigenvalue weighted by Gasteiger charge is 2.58. The molecule has 2 aliphatic rings. The molecule has 3 rings (SSSR count). The number of nitrogens with zero attached hydrogens (tertiary/aromatic N) is 3. The van der Waals surface area contributed by atoms with Crippen molar-refractivity contribution in [3.8, 4) is 6.07 Å². The maximum atomic E-state index is 13.0. The third-order valence-corrected chi connectivity index (χ3v) is 7.59. The van der Waals surface area contributed by atoms with Gasteiger partial charge in [-0.05, 0) is 41.5 Å². The van der Waals surface area contributed by atoms with Crippen molar-refractivity contribution in [3.05, 3.63) is 11.1 Å². The number of fused-ring (bicyclic) bond motifs is 2. The molecule has 1 aromatic rings. The van der Waals surface area contributed by atoms with Crippen molar-refractivity contribution < 1.29 is 37.0 Å². The van der Waals surface area contributed by atoms with E-state index in [9.17, 15) is 32.8 Å². The lowest BCUT2D eigenvalue weighted by molar-refractivity contribution is -0.192. The van der Waals surface area contributed by atoms with Gasteiger partial charge in [0.2, 0.25) is 0 Å². The molecule has 1 saturated heterocycles. The number of amides is 3. The molecule has 2 aliphatic heterocycles. The van der Waals surface area contributed by atoms with Crippen molar-refractivity contribution in [2.24, 2.45) is 0 Å². The Hall–Kier alpha value is -2.46. The van der Waals surface area contributed by atoms with Gasteiger partial charge in [-0.3, -0.25) is 4.79 Å². The number of alkyl halides is 3. The van der Waals surface area contributed by atoms with E-state index in [4.69, 9.17) is 9.47 Å². The Balaban J connectivity index is 2.02. The molecule has 0 atom stereocenters. The Morgan fingerprint density at radius 3 is 1.94 bits per heavy atom. The van der Waals surface area contributed by atoms with Gasteiger partial charge in [0.05, 0.1) is 9.77 Å². The number of nitriles is 1. The van der Waals surface area contributed by atoms with Crippen molar-refractivity contribution in [2.75, 3.05) is 23.7 Å². The van der Waals surface area contributed by atoms with Gasteiger partial charge in [-0.2, -0.15) is 23.3 Å². The molecule has 13 heteroatoms. The largest absolute Gasteiger partial charge is 0.471 e. The van der Waals surface area contributed by atoms with Gasteiger partial charge in [-0.1, -0.05) is 0 Å². The monoisotopic (exact) mass is 519 g/mol. The Morgan fingerprint density at radius 1 is 1.03 bits per heavy atom. The third kappa shape index (κ3) is 4.98. The van der Waals surface area contributed by atoms with Crippen LogP contribution in [-0.4, -0.2) is 59.2 Å². The average Bonchev–Trinajstić information content (AvgIpc) is 3.12. The zero-order chi connectivity index (χ0) is 25.9. The van der Waals surface area contributed by atoms with Crippen molar-refractivity contribution in [1.82, 2.24) is 4.90 Å². The van der Waals surface area contributed by atoms with Gasteiger partial charge in [0.1, 0.15) is 22.3 Å². The zero-order valence-electron chi connectivity index (χ0n) is 19.5. The van der Waals surface area contributed by atoms with Crippen LogP contribution in [0.4, 0.5) is 27.8 Å². The zero-order valence-corrected chi connectivity index (χ0v) is 21.1. The number of halogens is 3. The molecule has 0 unspecified atom stereocenters. The molecular formula is C21H24F3N3O5S2. The number of carbonyl (C=O) groups excluding carboxylic acids is 3. The normalized spacial score (nSPS) is 17.0. The number of hydrogen-bond acceptors (Lipinski definition) is 8. The molecule has 1 spiro atoms. The maximum Gasteiger partial charge on any atom is 0.471 e. The second kappa shape index (κ2) is 8.34. The molecule has 3 amide bonds. The summed E-state index contributed by atoms with van der Waals surface area (Å²) >= 11 is 2.30. The highest BCUT2D eigenvalue weighted by molar-refractivity contribution is 8.01. The Labute approximate surface area is 203 Å². The van der Waals surface area contributed by atoms with Gasteiger partial charge >= 0.3 is 24.3 Å². The fraction of sp³-hybridized carbons (Fsp3) is 0.619. The summed E-state index contributed by atoms with van der Waals surface area (Å²) in [6.07, 6.45) is -7.07. The predicted octanol–water partition coefficient (Wildman–Crippen LogP) is 5.04. The van der Waals surface area contributed by atoms with E-state index in [0.717, 1.165) is 11.3 Å². The van der Waals surface area contributed by atoms with Crippen LogP contribution in [0.2, 0.25) is 0 Å².